The van der Waals surface area contributed by atoms with E-state index in [9.17, 15) is 13.2 Å². The van der Waals surface area contributed by atoms with Crippen molar-refractivity contribution in [2.24, 2.45) is 0 Å². The largest absolute Gasteiger partial charge is 0.461 e. The van der Waals surface area contributed by atoms with Crippen LogP contribution in [0.4, 0.5) is 23.4 Å². The normalized spacial score (nSPS) is 24.2. The smallest absolute Gasteiger partial charge is 0.418 e. The molecule has 4 aliphatic heterocycles. The fourth-order valence-electron chi connectivity index (χ4n) is 7.15. The third kappa shape index (κ3) is 4.37. The molecule has 0 saturated carbocycles. The number of rotatable bonds is 5. The van der Waals surface area contributed by atoms with Gasteiger partial charge in [0.15, 0.2) is 5.82 Å². The fraction of sp³-hybridized carbons (Fsp3) is 0.536. The summed E-state index contributed by atoms with van der Waals surface area (Å²) in [4.78, 5) is 17.9. The Bertz CT molecular complexity index is 1450. The van der Waals surface area contributed by atoms with E-state index in [4.69, 9.17) is 21.3 Å². The van der Waals surface area contributed by atoms with Crippen molar-refractivity contribution in [2.75, 3.05) is 37.7 Å². The zero-order chi connectivity index (χ0) is 27.6. The van der Waals surface area contributed by atoms with E-state index in [0.717, 1.165) is 57.7 Å². The molecule has 1 N–H and O–H groups in total. The molecule has 6 heterocycles. The molecule has 12 heteroatoms. The highest BCUT2D eigenvalue weighted by Crippen LogP contribution is 2.43. The molecule has 4 saturated heterocycles. The van der Waals surface area contributed by atoms with Crippen LogP contribution in [0.1, 0.15) is 44.1 Å². The van der Waals surface area contributed by atoms with Crippen LogP contribution < -0.4 is 15.0 Å². The summed E-state index contributed by atoms with van der Waals surface area (Å²) in [5, 5.41) is 3.39. The van der Waals surface area contributed by atoms with Gasteiger partial charge in [0.25, 0.3) is 0 Å². The Kier molecular flexibility index (Phi) is 6.32. The van der Waals surface area contributed by atoms with Gasteiger partial charge in [-0.3, -0.25) is 9.88 Å². The van der Waals surface area contributed by atoms with Gasteiger partial charge in [-0.2, -0.15) is 23.1 Å². The number of anilines is 1. The molecule has 0 amide bonds. The van der Waals surface area contributed by atoms with Crippen molar-refractivity contribution in [3.63, 3.8) is 0 Å². The van der Waals surface area contributed by atoms with Gasteiger partial charge in [-0.25, -0.2) is 4.39 Å². The van der Waals surface area contributed by atoms with Gasteiger partial charge in [0.1, 0.15) is 23.6 Å². The third-order valence-corrected chi connectivity index (χ3v) is 9.31. The molecule has 0 aliphatic carbocycles. The Morgan fingerprint density at radius 1 is 1.07 bits per heavy atom. The minimum Gasteiger partial charge on any atom is -0.461 e. The zero-order valence-corrected chi connectivity index (χ0v) is 22.5. The molecule has 2 bridgehead atoms. The number of halogens is 5. The number of nitrogens with one attached hydrogen (secondary N) is 1. The molecule has 212 valence electrons. The molecule has 1 aromatic carbocycles. The van der Waals surface area contributed by atoms with Crippen molar-refractivity contribution in [2.45, 2.75) is 62.3 Å². The number of ether oxygens (including phenoxy) is 1. The number of hydrogen-bond donors (Lipinski definition) is 1. The SMILES string of the molecule is Fc1c(-c2cccc(Cl)c2C(F)(F)F)ncc2c(N3C[C@H]4CC[C@@H](C3)N4)nc(OCC34CCCN3CCC4)nc12. The summed E-state index contributed by atoms with van der Waals surface area (Å²) in [6.07, 6.45) is 2.89. The molecule has 0 radical (unpaired) electrons. The van der Waals surface area contributed by atoms with Gasteiger partial charge in [-0.05, 0) is 57.7 Å². The second-order valence-corrected chi connectivity index (χ2v) is 11.8. The van der Waals surface area contributed by atoms with Crippen LogP contribution in [0.2, 0.25) is 5.02 Å². The topological polar surface area (TPSA) is 66.4 Å². The summed E-state index contributed by atoms with van der Waals surface area (Å²) in [6, 6.07) is 4.26. The molecule has 40 heavy (non-hydrogen) atoms. The fourth-order valence-corrected chi connectivity index (χ4v) is 7.44. The molecule has 4 aliphatic rings. The van der Waals surface area contributed by atoms with Gasteiger partial charge >= 0.3 is 12.2 Å². The lowest BCUT2D eigenvalue weighted by Crippen LogP contribution is -2.51. The van der Waals surface area contributed by atoms with Crippen molar-refractivity contribution in [3.8, 4) is 17.3 Å². The highest BCUT2D eigenvalue weighted by Gasteiger charge is 2.45. The van der Waals surface area contributed by atoms with Crippen molar-refractivity contribution >= 4 is 28.3 Å². The van der Waals surface area contributed by atoms with E-state index in [0.29, 0.717) is 30.9 Å². The Morgan fingerprint density at radius 3 is 2.50 bits per heavy atom. The maximum Gasteiger partial charge on any atom is 0.418 e. The van der Waals surface area contributed by atoms with E-state index in [2.05, 4.69) is 25.1 Å². The van der Waals surface area contributed by atoms with Gasteiger partial charge < -0.3 is 15.0 Å². The summed E-state index contributed by atoms with van der Waals surface area (Å²) in [7, 11) is 0. The quantitative estimate of drug-likeness (QED) is 0.405. The van der Waals surface area contributed by atoms with Gasteiger partial charge in [0.2, 0.25) is 0 Å². The Hall–Kier alpha value is -2.76. The molecule has 3 aromatic rings. The monoisotopic (exact) mass is 576 g/mol. The number of fused-ring (bicyclic) bond motifs is 4. The predicted octanol–water partition coefficient (Wildman–Crippen LogP) is 5.45. The minimum absolute atomic E-state index is 0.0275. The van der Waals surface area contributed by atoms with E-state index in [1.54, 1.807) is 0 Å². The molecular weight excluding hydrogens is 548 g/mol. The molecule has 7 rings (SSSR count). The molecule has 2 atom stereocenters. The summed E-state index contributed by atoms with van der Waals surface area (Å²) < 4.78 is 64.3. The summed E-state index contributed by atoms with van der Waals surface area (Å²) in [5.41, 5.74) is -2.22. The molecule has 4 fully saturated rings. The van der Waals surface area contributed by atoms with Crippen LogP contribution in [0, 0.1) is 5.82 Å². The van der Waals surface area contributed by atoms with Crippen LogP contribution in [0.3, 0.4) is 0 Å². The Balaban J connectivity index is 1.34. The lowest BCUT2D eigenvalue weighted by atomic mass is 9.95. The first-order valence-electron chi connectivity index (χ1n) is 13.8. The summed E-state index contributed by atoms with van der Waals surface area (Å²) in [6.45, 7) is 3.80. The molecule has 0 unspecified atom stereocenters. The van der Waals surface area contributed by atoms with Gasteiger partial charge in [0.05, 0.1) is 21.5 Å². The predicted molar refractivity (Wildman–Crippen MR) is 143 cm³/mol. The summed E-state index contributed by atoms with van der Waals surface area (Å²) in [5.74, 6) is -0.468. The van der Waals surface area contributed by atoms with Gasteiger partial charge in [-0.1, -0.05) is 23.7 Å². The number of benzene rings is 1. The first-order chi connectivity index (χ1) is 19.2. The van der Waals surface area contributed by atoms with Crippen LogP contribution >= 0.6 is 11.6 Å². The number of pyridine rings is 1. The van der Waals surface area contributed by atoms with Crippen molar-refractivity contribution in [1.29, 1.82) is 0 Å². The maximum absolute atomic E-state index is 16.2. The second-order valence-electron chi connectivity index (χ2n) is 11.4. The van der Waals surface area contributed by atoms with Crippen molar-refractivity contribution < 1.29 is 22.3 Å². The average Bonchev–Trinajstić information content (AvgIpc) is 3.60. The van der Waals surface area contributed by atoms with E-state index < -0.39 is 33.8 Å². The highest BCUT2D eigenvalue weighted by atomic mass is 35.5. The number of nitrogens with zero attached hydrogens (tertiary/aromatic N) is 5. The standard InChI is InChI=1S/C28H29ClF4N6O/c29-20-5-1-4-18(21(20)28(31,32)33)23-22(30)24-19(12-34-23)25(38-13-16-6-7-17(14-38)35-16)37-26(36-24)40-15-27-8-2-10-39(27)11-3-9-27/h1,4-5,12,16-17,35H,2-3,6-11,13-15H2/t16-,17+. The summed E-state index contributed by atoms with van der Waals surface area (Å²) >= 11 is 5.93. The van der Waals surface area contributed by atoms with Crippen LogP contribution in [-0.4, -0.2) is 70.3 Å². The first-order valence-corrected chi connectivity index (χ1v) is 14.2. The van der Waals surface area contributed by atoms with Gasteiger partial charge in [0, 0.05) is 36.9 Å². The Morgan fingerprint density at radius 2 is 1.80 bits per heavy atom. The third-order valence-electron chi connectivity index (χ3n) is 8.99. The van der Waals surface area contributed by atoms with E-state index >= 15 is 4.39 Å². The number of aromatic nitrogens is 3. The van der Waals surface area contributed by atoms with Crippen molar-refractivity contribution in [1.82, 2.24) is 25.2 Å². The zero-order valence-electron chi connectivity index (χ0n) is 21.8. The average molecular weight is 577 g/mol. The number of alkyl halides is 3. The molecular formula is C28H29ClF4N6O. The number of piperazine rings is 1. The molecule has 2 aromatic heterocycles. The van der Waals surface area contributed by atoms with Crippen LogP contribution in [-0.2, 0) is 6.18 Å². The van der Waals surface area contributed by atoms with E-state index in [-0.39, 0.29) is 29.1 Å². The lowest BCUT2D eigenvalue weighted by molar-refractivity contribution is -0.137. The van der Waals surface area contributed by atoms with Crippen LogP contribution in [0.25, 0.3) is 22.2 Å². The minimum atomic E-state index is -4.80. The van der Waals surface area contributed by atoms with E-state index in [1.165, 1.54) is 18.3 Å². The lowest BCUT2D eigenvalue weighted by Gasteiger charge is -2.34. The second kappa shape index (κ2) is 9.66. The number of hydrogen-bond acceptors (Lipinski definition) is 7. The Labute approximate surface area is 233 Å². The van der Waals surface area contributed by atoms with Crippen molar-refractivity contribution in [3.05, 3.63) is 40.8 Å². The van der Waals surface area contributed by atoms with Crippen LogP contribution in [0.5, 0.6) is 6.01 Å². The molecule has 7 nitrogen and oxygen atoms in total. The maximum atomic E-state index is 16.2. The van der Waals surface area contributed by atoms with E-state index in [1.807, 2.05) is 0 Å². The van der Waals surface area contributed by atoms with Crippen LogP contribution in [0.15, 0.2) is 24.4 Å². The van der Waals surface area contributed by atoms with Gasteiger partial charge in [-0.15, -0.1) is 0 Å². The first kappa shape index (κ1) is 26.2. The highest BCUT2D eigenvalue weighted by molar-refractivity contribution is 6.31. The molecule has 0 spiro atoms.